The lowest BCUT2D eigenvalue weighted by molar-refractivity contribution is 0.885. The molecule has 1 aliphatic carbocycles. The van der Waals surface area contributed by atoms with Crippen molar-refractivity contribution in [3.8, 4) is 0 Å². The molecule has 0 aromatic carbocycles. The molecule has 0 saturated heterocycles. The number of fused-ring (bicyclic) bond motifs is 1. The fraction of sp³-hybridized carbons (Fsp3) is 0.364. The summed E-state index contributed by atoms with van der Waals surface area (Å²) in [5, 5.41) is 6.81. The number of nitrogens with zero attached hydrogens (tertiary/aromatic N) is 1. The number of nitrogens with one attached hydrogen (secondary N) is 1. The van der Waals surface area contributed by atoms with Crippen molar-refractivity contribution in [3.63, 3.8) is 0 Å². The van der Waals surface area contributed by atoms with Gasteiger partial charge in [-0.2, -0.15) is 0 Å². The number of hydrogen-bond acceptors (Lipinski definition) is 3. The van der Waals surface area contributed by atoms with Crippen LogP contribution in [-0.4, -0.2) is 11.5 Å². The monoisotopic (exact) mass is 282 g/mol. The minimum absolute atomic E-state index is 0.880. The molecule has 0 amide bonds. The normalized spacial score (nSPS) is 15.8. The number of aromatic nitrogens is 1. The molecule has 15 heavy (non-hydrogen) atoms. The second-order valence-corrected chi connectivity index (χ2v) is 5.71. The Bertz CT molecular complexity index is 490. The minimum Gasteiger partial charge on any atom is -0.369 e. The van der Waals surface area contributed by atoms with Gasteiger partial charge in [0.2, 0.25) is 0 Å². The van der Waals surface area contributed by atoms with Crippen LogP contribution in [0.5, 0.6) is 0 Å². The summed E-state index contributed by atoms with van der Waals surface area (Å²) in [6.45, 7) is 1.07. The number of thiophene rings is 1. The molecule has 0 unspecified atom stereocenters. The third-order valence-corrected chi connectivity index (χ3v) is 4.25. The lowest BCUT2D eigenvalue weighted by Gasteiger charge is -2.05. The first-order valence-electron chi connectivity index (χ1n) is 5.10. The predicted molar refractivity (Wildman–Crippen MR) is 68.5 cm³/mol. The van der Waals surface area contributed by atoms with E-state index in [1.54, 1.807) is 11.3 Å². The molecule has 3 rings (SSSR count). The summed E-state index contributed by atoms with van der Waals surface area (Å²) in [7, 11) is 0. The van der Waals surface area contributed by atoms with Crippen LogP contribution in [0, 0.1) is 5.92 Å². The highest BCUT2D eigenvalue weighted by atomic mass is 79.9. The van der Waals surface area contributed by atoms with Crippen LogP contribution in [0.1, 0.15) is 12.8 Å². The summed E-state index contributed by atoms with van der Waals surface area (Å²) in [6.07, 6.45) is 4.62. The van der Waals surface area contributed by atoms with Gasteiger partial charge in [-0.05, 0) is 46.1 Å². The van der Waals surface area contributed by atoms with Crippen LogP contribution >= 0.6 is 27.3 Å². The molecule has 2 heterocycles. The van der Waals surface area contributed by atoms with E-state index in [1.165, 1.54) is 22.9 Å². The van der Waals surface area contributed by atoms with E-state index in [0.717, 1.165) is 22.8 Å². The van der Waals surface area contributed by atoms with Gasteiger partial charge in [-0.25, -0.2) is 4.98 Å². The van der Waals surface area contributed by atoms with Gasteiger partial charge in [0.25, 0.3) is 0 Å². The number of rotatable bonds is 3. The molecular weight excluding hydrogens is 272 g/mol. The van der Waals surface area contributed by atoms with Crippen molar-refractivity contribution in [3.05, 3.63) is 22.1 Å². The number of anilines is 1. The Morgan fingerprint density at radius 2 is 2.40 bits per heavy atom. The average Bonchev–Trinajstić information content (AvgIpc) is 2.92. The highest BCUT2D eigenvalue weighted by molar-refractivity contribution is 9.10. The maximum atomic E-state index is 4.43. The molecule has 0 aliphatic heterocycles. The van der Waals surface area contributed by atoms with Crippen molar-refractivity contribution in [1.29, 1.82) is 0 Å². The second-order valence-electron chi connectivity index (χ2n) is 3.94. The van der Waals surface area contributed by atoms with Crippen LogP contribution < -0.4 is 5.32 Å². The van der Waals surface area contributed by atoms with Crippen LogP contribution in [0.25, 0.3) is 10.1 Å². The first kappa shape index (κ1) is 9.60. The van der Waals surface area contributed by atoms with Crippen LogP contribution in [0.3, 0.4) is 0 Å². The molecule has 0 bridgehead atoms. The van der Waals surface area contributed by atoms with E-state index < -0.39 is 0 Å². The summed E-state index contributed by atoms with van der Waals surface area (Å²) in [4.78, 5) is 4.43. The van der Waals surface area contributed by atoms with Crippen molar-refractivity contribution in [2.24, 2.45) is 5.92 Å². The number of pyridine rings is 1. The Morgan fingerprint density at radius 1 is 1.53 bits per heavy atom. The van der Waals surface area contributed by atoms with Gasteiger partial charge in [0, 0.05) is 22.6 Å². The lowest BCUT2D eigenvalue weighted by atomic mass is 10.3. The van der Waals surface area contributed by atoms with Gasteiger partial charge < -0.3 is 5.32 Å². The highest BCUT2D eigenvalue weighted by Crippen LogP contribution is 2.34. The van der Waals surface area contributed by atoms with Crippen molar-refractivity contribution in [1.82, 2.24) is 4.98 Å². The van der Waals surface area contributed by atoms with E-state index in [9.17, 15) is 0 Å². The third kappa shape index (κ3) is 1.88. The summed E-state index contributed by atoms with van der Waals surface area (Å²) in [5.41, 5.74) is 0. The fourth-order valence-electron chi connectivity index (χ4n) is 1.62. The van der Waals surface area contributed by atoms with E-state index in [1.807, 2.05) is 6.20 Å². The molecule has 78 valence electrons. The maximum Gasteiger partial charge on any atom is 0.144 e. The SMILES string of the molecule is Brc1cnc(NCC2CC2)c2sccc12. The van der Waals surface area contributed by atoms with Gasteiger partial charge in [0.1, 0.15) is 5.82 Å². The molecule has 2 nitrogen and oxygen atoms in total. The molecule has 0 spiro atoms. The zero-order valence-corrected chi connectivity index (χ0v) is 10.6. The van der Waals surface area contributed by atoms with Crippen LogP contribution in [0.15, 0.2) is 22.1 Å². The Labute approximate surface area is 101 Å². The maximum absolute atomic E-state index is 4.43. The van der Waals surface area contributed by atoms with Gasteiger partial charge in [0.05, 0.1) is 4.70 Å². The van der Waals surface area contributed by atoms with Crippen LogP contribution in [0.4, 0.5) is 5.82 Å². The average molecular weight is 283 g/mol. The van der Waals surface area contributed by atoms with Crippen molar-refractivity contribution < 1.29 is 0 Å². The quantitative estimate of drug-likeness (QED) is 0.924. The predicted octanol–water partition coefficient (Wildman–Crippen LogP) is 3.88. The van der Waals surface area contributed by atoms with E-state index in [4.69, 9.17) is 0 Å². The van der Waals surface area contributed by atoms with Crippen molar-refractivity contribution in [2.45, 2.75) is 12.8 Å². The Hall–Kier alpha value is -0.610. The molecule has 2 aromatic heterocycles. The second kappa shape index (κ2) is 3.76. The van der Waals surface area contributed by atoms with E-state index in [-0.39, 0.29) is 0 Å². The van der Waals surface area contributed by atoms with Crippen LogP contribution in [-0.2, 0) is 0 Å². The number of hydrogen-bond donors (Lipinski definition) is 1. The van der Waals surface area contributed by atoms with Gasteiger partial charge in [0.15, 0.2) is 0 Å². The largest absolute Gasteiger partial charge is 0.369 e. The van der Waals surface area contributed by atoms with Crippen LogP contribution in [0.2, 0.25) is 0 Å². The Kier molecular flexibility index (Phi) is 2.41. The van der Waals surface area contributed by atoms with Gasteiger partial charge in [-0.15, -0.1) is 11.3 Å². The first-order chi connectivity index (χ1) is 7.34. The molecule has 2 aromatic rings. The standard InChI is InChI=1S/C11H11BrN2S/c12-9-6-14-11(13-5-7-1-2-7)10-8(9)3-4-15-10/h3-4,6-7H,1-2,5H2,(H,13,14). The van der Waals surface area contributed by atoms with Gasteiger partial charge >= 0.3 is 0 Å². The van der Waals surface area contributed by atoms with E-state index in [0.29, 0.717) is 0 Å². The van der Waals surface area contributed by atoms with Crippen molar-refractivity contribution >= 4 is 43.2 Å². The molecule has 1 aliphatic rings. The molecule has 0 radical (unpaired) electrons. The summed E-state index contributed by atoms with van der Waals surface area (Å²) >= 11 is 5.26. The third-order valence-electron chi connectivity index (χ3n) is 2.70. The zero-order valence-electron chi connectivity index (χ0n) is 8.16. The fourth-order valence-corrected chi connectivity index (χ4v) is 3.06. The summed E-state index contributed by atoms with van der Waals surface area (Å²) in [5.74, 6) is 1.92. The first-order valence-corrected chi connectivity index (χ1v) is 6.77. The summed E-state index contributed by atoms with van der Waals surface area (Å²) in [6, 6.07) is 2.13. The smallest absolute Gasteiger partial charge is 0.144 e. The Balaban J connectivity index is 1.94. The van der Waals surface area contributed by atoms with Gasteiger partial charge in [-0.1, -0.05) is 0 Å². The van der Waals surface area contributed by atoms with E-state index in [2.05, 4.69) is 37.7 Å². The van der Waals surface area contributed by atoms with E-state index >= 15 is 0 Å². The Morgan fingerprint density at radius 3 is 3.20 bits per heavy atom. The molecule has 0 atom stereocenters. The summed E-state index contributed by atoms with van der Waals surface area (Å²) < 4.78 is 2.33. The van der Waals surface area contributed by atoms with Crippen molar-refractivity contribution in [2.75, 3.05) is 11.9 Å². The molecule has 1 fully saturated rings. The highest BCUT2D eigenvalue weighted by Gasteiger charge is 2.21. The topological polar surface area (TPSA) is 24.9 Å². The molecule has 1 saturated carbocycles. The lowest BCUT2D eigenvalue weighted by Crippen LogP contribution is -2.04. The minimum atomic E-state index is 0.880. The zero-order chi connectivity index (χ0) is 10.3. The number of halogens is 1. The molecule has 4 heteroatoms. The molecular formula is C11H11BrN2S. The molecule has 1 N–H and O–H groups in total. The van der Waals surface area contributed by atoms with Gasteiger partial charge in [-0.3, -0.25) is 0 Å².